The molecule has 0 amide bonds. The van der Waals surface area contributed by atoms with Crippen LogP contribution in [0.25, 0.3) is 11.1 Å². The van der Waals surface area contributed by atoms with E-state index in [0.29, 0.717) is 6.61 Å². The van der Waals surface area contributed by atoms with Gasteiger partial charge in [-0.1, -0.05) is 29.8 Å². The molecule has 0 radical (unpaired) electrons. The highest BCUT2D eigenvalue weighted by molar-refractivity contribution is 6.30. The van der Waals surface area contributed by atoms with Gasteiger partial charge in [-0.2, -0.15) is 5.10 Å². The van der Waals surface area contributed by atoms with Gasteiger partial charge in [0, 0.05) is 54.7 Å². The van der Waals surface area contributed by atoms with Crippen molar-refractivity contribution < 1.29 is 4.74 Å². The highest BCUT2D eigenvalue weighted by Crippen LogP contribution is 2.26. The van der Waals surface area contributed by atoms with Crippen LogP contribution < -0.4 is 0 Å². The molecule has 0 aliphatic carbocycles. The van der Waals surface area contributed by atoms with Crippen molar-refractivity contribution in [1.82, 2.24) is 19.7 Å². The van der Waals surface area contributed by atoms with E-state index in [1.807, 2.05) is 41.3 Å². The molecule has 0 N–H and O–H groups in total. The maximum Gasteiger partial charge on any atom is 0.112 e. The van der Waals surface area contributed by atoms with Crippen molar-refractivity contribution in [3.8, 4) is 11.1 Å². The van der Waals surface area contributed by atoms with E-state index in [-0.39, 0.29) is 6.10 Å². The Bertz CT molecular complexity index is 893. The molecule has 0 saturated carbocycles. The first-order valence-electron chi connectivity index (χ1n) is 9.28. The molecule has 1 fully saturated rings. The first-order chi connectivity index (χ1) is 13.2. The summed E-state index contributed by atoms with van der Waals surface area (Å²) < 4.78 is 7.94. The number of halogens is 1. The lowest BCUT2D eigenvalue weighted by Gasteiger charge is -2.32. The number of aromatic nitrogens is 3. The molecule has 140 valence electrons. The summed E-state index contributed by atoms with van der Waals surface area (Å²) in [6.45, 7) is 6.36. The Balaban J connectivity index is 1.43. The van der Waals surface area contributed by atoms with Crippen LogP contribution in [0.3, 0.4) is 0 Å². The average molecular weight is 383 g/mol. The molecule has 2 aromatic heterocycles. The number of rotatable bonds is 5. The van der Waals surface area contributed by atoms with Gasteiger partial charge in [0.1, 0.15) is 6.10 Å². The van der Waals surface area contributed by atoms with Crippen LogP contribution in [-0.4, -0.2) is 39.4 Å². The van der Waals surface area contributed by atoms with E-state index < -0.39 is 0 Å². The van der Waals surface area contributed by atoms with Crippen molar-refractivity contribution in [3.05, 3.63) is 71.3 Å². The van der Waals surface area contributed by atoms with Gasteiger partial charge in [-0.15, -0.1) is 0 Å². The number of morpholine rings is 1. The van der Waals surface area contributed by atoms with Crippen molar-refractivity contribution in [3.63, 3.8) is 0 Å². The van der Waals surface area contributed by atoms with E-state index in [0.717, 1.165) is 48.0 Å². The topological polar surface area (TPSA) is 43.2 Å². The third-order valence-corrected chi connectivity index (χ3v) is 5.08. The van der Waals surface area contributed by atoms with Crippen LogP contribution in [0, 0.1) is 0 Å². The van der Waals surface area contributed by atoms with Gasteiger partial charge in [0.05, 0.1) is 18.5 Å². The molecule has 0 spiro atoms. The highest BCUT2D eigenvalue weighted by atomic mass is 35.5. The Hall–Kier alpha value is -2.21. The van der Waals surface area contributed by atoms with E-state index >= 15 is 0 Å². The lowest BCUT2D eigenvalue weighted by molar-refractivity contribution is -0.0349. The van der Waals surface area contributed by atoms with Crippen LogP contribution in [0.2, 0.25) is 5.02 Å². The Morgan fingerprint density at radius 3 is 2.85 bits per heavy atom. The minimum atomic E-state index is -0.00613. The van der Waals surface area contributed by atoms with E-state index in [2.05, 4.69) is 40.2 Å². The van der Waals surface area contributed by atoms with Gasteiger partial charge in [-0.3, -0.25) is 14.6 Å². The Kier molecular flexibility index (Phi) is 5.53. The fourth-order valence-electron chi connectivity index (χ4n) is 3.38. The van der Waals surface area contributed by atoms with Crippen LogP contribution in [-0.2, 0) is 17.8 Å². The largest absolute Gasteiger partial charge is 0.369 e. The van der Waals surface area contributed by atoms with Gasteiger partial charge in [0.25, 0.3) is 0 Å². The first kappa shape index (κ1) is 18.2. The predicted molar refractivity (Wildman–Crippen MR) is 107 cm³/mol. The summed E-state index contributed by atoms with van der Waals surface area (Å²) >= 11 is 6.09. The maximum atomic E-state index is 6.09. The number of ether oxygens (including phenoxy) is 1. The van der Waals surface area contributed by atoms with Crippen LogP contribution in [0.5, 0.6) is 0 Å². The van der Waals surface area contributed by atoms with Crippen molar-refractivity contribution >= 4 is 11.6 Å². The fraction of sp³-hybridized carbons (Fsp3) is 0.333. The molecule has 1 aliphatic rings. The third-order valence-electron chi connectivity index (χ3n) is 4.84. The quantitative estimate of drug-likeness (QED) is 0.663. The van der Waals surface area contributed by atoms with Gasteiger partial charge in [-0.05, 0) is 30.7 Å². The number of hydrogen-bond acceptors (Lipinski definition) is 4. The van der Waals surface area contributed by atoms with Crippen LogP contribution >= 0.6 is 11.6 Å². The van der Waals surface area contributed by atoms with Gasteiger partial charge < -0.3 is 4.74 Å². The zero-order valence-electron chi connectivity index (χ0n) is 15.4. The summed E-state index contributed by atoms with van der Waals surface area (Å²) in [5.74, 6) is 0. The number of aryl methyl sites for hydroxylation is 1. The highest BCUT2D eigenvalue weighted by Gasteiger charge is 2.23. The van der Waals surface area contributed by atoms with Crippen LogP contribution in [0.1, 0.15) is 24.3 Å². The molecule has 3 aromatic rings. The van der Waals surface area contributed by atoms with Gasteiger partial charge in [0.2, 0.25) is 0 Å². The summed E-state index contributed by atoms with van der Waals surface area (Å²) in [7, 11) is 0. The molecule has 5 nitrogen and oxygen atoms in total. The summed E-state index contributed by atoms with van der Waals surface area (Å²) in [6, 6.07) is 12.0. The molecule has 27 heavy (non-hydrogen) atoms. The summed E-state index contributed by atoms with van der Waals surface area (Å²) in [5, 5.41) is 5.09. The average Bonchev–Trinajstić information content (AvgIpc) is 3.16. The van der Waals surface area contributed by atoms with Gasteiger partial charge in [-0.25, -0.2) is 0 Å². The smallest absolute Gasteiger partial charge is 0.112 e. The van der Waals surface area contributed by atoms with Crippen LogP contribution in [0.15, 0.2) is 55.0 Å². The van der Waals surface area contributed by atoms with Crippen molar-refractivity contribution in [1.29, 1.82) is 0 Å². The molecule has 1 atom stereocenters. The third kappa shape index (κ3) is 4.38. The van der Waals surface area contributed by atoms with E-state index in [9.17, 15) is 0 Å². The molecule has 1 aromatic carbocycles. The predicted octanol–water partition coefficient (Wildman–Crippen LogP) is 4.19. The summed E-state index contributed by atoms with van der Waals surface area (Å²) in [4.78, 5) is 7.06. The molecular weight excluding hydrogens is 360 g/mol. The number of pyridine rings is 1. The Labute approximate surface area is 164 Å². The molecular formula is C21H23ClN4O. The van der Waals surface area contributed by atoms with E-state index in [4.69, 9.17) is 16.3 Å². The molecule has 1 aliphatic heterocycles. The molecule has 0 bridgehead atoms. The molecule has 3 heterocycles. The second-order valence-electron chi connectivity index (χ2n) is 6.78. The summed E-state index contributed by atoms with van der Waals surface area (Å²) in [5.41, 5.74) is 4.33. The number of hydrogen-bond donors (Lipinski definition) is 0. The second-order valence-corrected chi connectivity index (χ2v) is 7.22. The lowest BCUT2D eigenvalue weighted by atomic mass is 10.1. The van der Waals surface area contributed by atoms with E-state index in [1.54, 1.807) is 0 Å². The van der Waals surface area contributed by atoms with Crippen LogP contribution in [0.4, 0.5) is 0 Å². The minimum Gasteiger partial charge on any atom is -0.369 e. The first-order valence-corrected chi connectivity index (χ1v) is 9.66. The number of benzene rings is 1. The zero-order chi connectivity index (χ0) is 18.6. The maximum absolute atomic E-state index is 6.09. The molecule has 1 unspecified atom stereocenters. The van der Waals surface area contributed by atoms with Gasteiger partial charge in [0.15, 0.2) is 0 Å². The van der Waals surface area contributed by atoms with Gasteiger partial charge >= 0.3 is 0 Å². The molecule has 6 heteroatoms. The SMILES string of the molecule is CCn1cc(CN2CCOC(c3ccc(-c4cccc(Cl)c4)cn3)C2)cn1. The second kappa shape index (κ2) is 8.21. The Morgan fingerprint density at radius 2 is 2.11 bits per heavy atom. The summed E-state index contributed by atoms with van der Waals surface area (Å²) in [6.07, 6.45) is 5.96. The zero-order valence-corrected chi connectivity index (χ0v) is 16.1. The van der Waals surface area contributed by atoms with Crippen molar-refractivity contribution in [2.75, 3.05) is 19.7 Å². The fourth-order valence-corrected chi connectivity index (χ4v) is 3.57. The van der Waals surface area contributed by atoms with Crippen molar-refractivity contribution in [2.24, 2.45) is 0 Å². The normalized spacial score (nSPS) is 17.9. The molecule has 4 rings (SSSR count). The Morgan fingerprint density at radius 1 is 1.19 bits per heavy atom. The molecule has 1 saturated heterocycles. The minimum absolute atomic E-state index is 0.00613. The number of nitrogens with zero attached hydrogens (tertiary/aromatic N) is 4. The standard InChI is InChI=1S/C21H23ClN4O/c1-2-26-14-16(11-24-26)13-25-8-9-27-21(15-25)20-7-6-18(12-23-20)17-4-3-5-19(22)10-17/h3-7,10-12,14,21H,2,8-9,13,15H2,1H3. The lowest BCUT2D eigenvalue weighted by Crippen LogP contribution is -2.38. The monoisotopic (exact) mass is 382 g/mol. The van der Waals surface area contributed by atoms with E-state index in [1.165, 1.54) is 5.56 Å². The van der Waals surface area contributed by atoms with Crippen molar-refractivity contribution in [2.45, 2.75) is 26.1 Å².